The van der Waals surface area contributed by atoms with Crippen LogP contribution >= 0.6 is 0 Å². The first-order chi connectivity index (χ1) is 4.81. The molecule has 2 heteroatoms. The lowest BCUT2D eigenvalue weighted by molar-refractivity contribution is 0.990. The van der Waals surface area contributed by atoms with Crippen LogP contribution in [0.3, 0.4) is 0 Å². The summed E-state index contributed by atoms with van der Waals surface area (Å²) in [5, 5.41) is 7.56. The van der Waals surface area contributed by atoms with E-state index in [0.717, 1.165) is 5.70 Å². The third kappa shape index (κ3) is 4.97. The third-order valence-corrected chi connectivity index (χ3v) is 0.803. The molecule has 0 aliphatic rings. The minimum Gasteiger partial charge on any atom is -0.185 e. The molecule has 0 radical (unpaired) electrons. The van der Waals surface area contributed by atoms with Gasteiger partial charge in [-0.05, 0) is 0 Å². The molecule has 0 aliphatic carbocycles. The smallest absolute Gasteiger partial charge is 0.0781 e. The maximum Gasteiger partial charge on any atom is 0.0781 e. The predicted molar refractivity (Wildman–Crippen MR) is 43.9 cm³/mol. The summed E-state index contributed by atoms with van der Waals surface area (Å²) in [6.07, 6.45) is 4.13. The Morgan fingerprint density at radius 2 is 2.00 bits per heavy atom. The highest BCUT2D eigenvalue weighted by atomic mass is 15.1. The lowest BCUT2D eigenvalue weighted by Crippen LogP contribution is -1.72. The molecule has 0 saturated heterocycles. The third-order valence-electron chi connectivity index (χ3n) is 0.803. The number of azo groups is 1. The van der Waals surface area contributed by atoms with Crippen molar-refractivity contribution < 1.29 is 0 Å². The summed E-state index contributed by atoms with van der Waals surface area (Å²) in [7, 11) is 0. The standard InChI is InChI=1S/C8H12N2/c1-4-6-8(3)10-9-7-5-2/h4-5H,1-3,6-7H2. The highest BCUT2D eigenvalue weighted by molar-refractivity contribution is 4.96. The van der Waals surface area contributed by atoms with Crippen LogP contribution in [-0.4, -0.2) is 6.54 Å². The van der Waals surface area contributed by atoms with Crippen molar-refractivity contribution in [3.8, 4) is 0 Å². The Labute approximate surface area is 61.7 Å². The summed E-state index contributed by atoms with van der Waals surface area (Å²) >= 11 is 0. The summed E-state index contributed by atoms with van der Waals surface area (Å²) in [6, 6.07) is 0. The maximum absolute atomic E-state index is 3.79. The van der Waals surface area contributed by atoms with Crippen molar-refractivity contribution in [2.45, 2.75) is 6.42 Å². The summed E-state index contributed by atoms with van der Waals surface area (Å²) in [5.41, 5.74) is 0.733. The van der Waals surface area contributed by atoms with Crippen LogP contribution in [-0.2, 0) is 0 Å². The first kappa shape index (κ1) is 8.82. The van der Waals surface area contributed by atoms with Crippen LogP contribution in [0.5, 0.6) is 0 Å². The fourth-order valence-electron chi connectivity index (χ4n) is 0.406. The van der Waals surface area contributed by atoms with Gasteiger partial charge < -0.3 is 0 Å². The van der Waals surface area contributed by atoms with E-state index in [4.69, 9.17) is 0 Å². The van der Waals surface area contributed by atoms with Crippen LogP contribution in [0.1, 0.15) is 6.42 Å². The van der Waals surface area contributed by atoms with Gasteiger partial charge >= 0.3 is 0 Å². The Morgan fingerprint density at radius 1 is 1.30 bits per heavy atom. The Bertz CT molecular complexity index is 157. The maximum atomic E-state index is 3.79. The van der Waals surface area contributed by atoms with Gasteiger partial charge in [0.25, 0.3) is 0 Å². The van der Waals surface area contributed by atoms with Crippen molar-refractivity contribution in [3.63, 3.8) is 0 Å². The molecule has 0 aliphatic heterocycles. The summed E-state index contributed by atoms with van der Waals surface area (Å²) in [4.78, 5) is 0. The number of hydrogen-bond donors (Lipinski definition) is 0. The lowest BCUT2D eigenvalue weighted by Gasteiger charge is -1.88. The quantitative estimate of drug-likeness (QED) is 0.410. The zero-order valence-corrected chi connectivity index (χ0v) is 6.08. The molecular weight excluding hydrogens is 124 g/mol. The zero-order valence-electron chi connectivity index (χ0n) is 6.08. The second kappa shape index (κ2) is 5.95. The average Bonchev–Trinajstić information content (AvgIpc) is 1.89. The number of rotatable bonds is 5. The second-order valence-corrected chi connectivity index (χ2v) is 1.77. The minimum atomic E-state index is 0.552. The monoisotopic (exact) mass is 136 g/mol. The van der Waals surface area contributed by atoms with Gasteiger partial charge in [0.05, 0.1) is 12.2 Å². The molecule has 0 bridgehead atoms. The fraction of sp³-hybridized carbons (Fsp3) is 0.250. The molecule has 0 aromatic heterocycles. The normalized spacial score (nSPS) is 9.60. The first-order valence-corrected chi connectivity index (χ1v) is 3.08. The number of hydrogen-bond acceptors (Lipinski definition) is 2. The zero-order chi connectivity index (χ0) is 7.82. The lowest BCUT2D eigenvalue weighted by atomic mass is 10.3. The molecule has 0 heterocycles. The molecule has 0 aromatic rings. The Kier molecular flexibility index (Phi) is 5.25. The molecule has 0 N–H and O–H groups in total. The SMILES string of the molecule is C=CCN=NC(=C)CC=C. The van der Waals surface area contributed by atoms with E-state index in [1.165, 1.54) is 0 Å². The molecular formula is C8H12N2. The Balaban J connectivity index is 3.54. The molecule has 0 fully saturated rings. The van der Waals surface area contributed by atoms with E-state index in [-0.39, 0.29) is 0 Å². The van der Waals surface area contributed by atoms with Crippen LogP contribution in [0.4, 0.5) is 0 Å². The van der Waals surface area contributed by atoms with Crippen molar-refractivity contribution in [1.82, 2.24) is 0 Å². The molecule has 54 valence electrons. The highest BCUT2D eigenvalue weighted by Crippen LogP contribution is 1.99. The topological polar surface area (TPSA) is 24.7 Å². The average molecular weight is 136 g/mol. The predicted octanol–water partition coefficient (Wildman–Crippen LogP) is 2.71. The Hall–Kier alpha value is -1.18. The van der Waals surface area contributed by atoms with E-state index < -0.39 is 0 Å². The van der Waals surface area contributed by atoms with E-state index in [2.05, 4.69) is 30.0 Å². The molecule has 0 aromatic carbocycles. The molecule has 0 spiro atoms. The first-order valence-electron chi connectivity index (χ1n) is 3.08. The second-order valence-electron chi connectivity index (χ2n) is 1.77. The van der Waals surface area contributed by atoms with Gasteiger partial charge in [0, 0.05) is 6.42 Å². The van der Waals surface area contributed by atoms with E-state index >= 15 is 0 Å². The molecule has 0 atom stereocenters. The number of allylic oxidation sites excluding steroid dienone is 1. The summed E-state index contributed by atoms with van der Waals surface area (Å²) < 4.78 is 0. The molecule has 10 heavy (non-hydrogen) atoms. The van der Waals surface area contributed by atoms with E-state index in [1.807, 2.05) is 0 Å². The molecule has 0 unspecified atom stereocenters. The van der Waals surface area contributed by atoms with Gasteiger partial charge in [-0.2, -0.15) is 10.2 Å². The van der Waals surface area contributed by atoms with Crippen molar-refractivity contribution in [2.75, 3.05) is 6.54 Å². The Morgan fingerprint density at radius 3 is 2.50 bits per heavy atom. The van der Waals surface area contributed by atoms with Crippen molar-refractivity contribution in [3.05, 3.63) is 37.6 Å². The van der Waals surface area contributed by atoms with Crippen molar-refractivity contribution >= 4 is 0 Å². The molecule has 0 rings (SSSR count). The number of nitrogens with zero attached hydrogens (tertiary/aromatic N) is 2. The van der Waals surface area contributed by atoms with Crippen LogP contribution in [0, 0.1) is 0 Å². The van der Waals surface area contributed by atoms with Crippen molar-refractivity contribution in [1.29, 1.82) is 0 Å². The summed E-state index contributed by atoms with van der Waals surface area (Å²) in [5.74, 6) is 0. The highest BCUT2D eigenvalue weighted by Gasteiger charge is 1.82. The largest absolute Gasteiger partial charge is 0.185 e. The molecule has 0 amide bonds. The van der Waals surface area contributed by atoms with Gasteiger partial charge in [-0.15, -0.1) is 13.2 Å². The minimum absolute atomic E-state index is 0.552. The molecule has 2 nitrogen and oxygen atoms in total. The van der Waals surface area contributed by atoms with Gasteiger partial charge in [0.1, 0.15) is 0 Å². The van der Waals surface area contributed by atoms with Gasteiger partial charge in [0.15, 0.2) is 0 Å². The van der Waals surface area contributed by atoms with Crippen LogP contribution in [0.2, 0.25) is 0 Å². The van der Waals surface area contributed by atoms with Gasteiger partial charge in [-0.3, -0.25) is 0 Å². The van der Waals surface area contributed by atoms with Crippen molar-refractivity contribution in [2.24, 2.45) is 10.2 Å². The fourth-order valence-corrected chi connectivity index (χ4v) is 0.406. The van der Waals surface area contributed by atoms with Crippen LogP contribution < -0.4 is 0 Å². The van der Waals surface area contributed by atoms with Gasteiger partial charge in [-0.25, -0.2) is 0 Å². The van der Waals surface area contributed by atoms with E-state index in [9.17, 15) is 0 Å². The van der Waals surface area contributed by atoms with Crippen LogP contribution in [0.25, 0.3) is 0 Å². The summed E-state index contributed by atoms with van der Waals surface area (Å²) in [6.45, 7) is 11.2. The molecule has 0 saturated carbocycles. The van der Waals surface area contributed by atoms with E-state index in [1.54, 1.807) is 12.2 Å². The van der Waals surface area contributed by atoms with Crippen LogP contribution in [0.15, 0.2) is 47.8 Å². The van der Waals surface area contributed by atoms with Gasteiger partial charge in [-0.1, -0.05) is 18.7 Å². The van der Waals surface area contributed by atoms with E-state index in [0.29, 0.717) is 13.0 Å². The van der Waals surface area contributed by atoms with Gasteiger partial charge in [0.2, 0.25) is 0 Å².